The maximum Gasteiger partial charge on any atom is 0.406 e. The molecule has 0 aliphatic carbocycles. The molecule has 1 heterocycles. The van der Waals surface area contributed by atoms with Crippen molar-refractivity contribution in [3.63, 3.8) is 0 Å². The van der Waals surface area contributed by atoms with Crippen LogP contribution in [-0.4, -0.2) is 61.4 Å². The molecule has 2 N–H and O–H groups in total. The zero-order chi connectivity index (χ0) is 17.7. The fraction of sp³-hybridized carbons (Fsp3) is 0.562. The number of hydrogen-bond acceptors (Lipinski definition) is 4. The Morgan fingerprint density at radius 1 is 1.33 bits per heavy atom. The SMILES string of the molecule is CN(CC(F)(F)F)C(=O)CNc1ccccc1N1CCC(O)CC1. The van der Waals surface area contributed by atoms with Crippen LogP contribution in [0.3, 0.4) is 0 Å². The molecule has 2 rings (SSSR count). The first-order valence-electron chi connectivity index (χ1n) is 7.83. The standard InChI is InChI=1S/C16H22F3N3O2/c1-21(11-16(17,18)19)15(24)10-20-13-4-2-3-5-14(13)22-8-6-12(23)7-9-22/h2-5,12,20,23H,6-11H2,1H3. The number of anilines is 2. The normalized spacial score (nSPS) is 16.1. The highest BCUT2D eigenvalue weighted by Crippen LogP contribution is 2.28. The lowest BCUT2D eigenvalue weighted by Gasteiger charge is -2.33. The highest BCUT2D eigenvalue weighted by atomic mass is 19.4. The number of halogens is 3. The van der Waals surface area contributed by atoms with E-state index in [2.05, 4.69) is 10.2 Å². The van der Waals surface area contributed by atoms with Crippen LogP contribution in [0.1, 0.15) is 12.8 Å². The van der Waals surface area contributed by atoms with Crippen LogP contribution in [0, 0.1) is 0 Å². The van der Waals surface area contributed by atoms with Gasteiger partial charge in [0.1, 0.15) is 6.54 Å². The molecular weight excluding hydrogens is 323 g/mol. The maximum atomic E-state index is 12.3. The topological polar surface area (TPSA) is 55.8 Å². The number of benzene rings is 1. The van der Waals surface area contributed by atoms with Crippen molar-refractivity contribution >= 4 is 17.3 Å². The quantitative estimate of drug-likeness (QED) is 0.858. The minimum atomic E-state index is -4.41. The number of carbonyl (C=O) groups is 1. The summed E-state index contributed by atoms with van der Waals surface area (Å²) in [6.45, 7) is -0.0806. The molecular formula is C16H22F3N3O2. The summed E-state index contributed by atoms with van der Waals surface area (Å²) in [6, 6.07) is 7.35. The van der Waals surface area contributed by atoms with Gasteiger partial charge in [0.25, 0.3) is 0 Å². The van der Waals surface area contributed by atoms with Gasteiger partial charge in [-0.25, -0.2) is 0 Å². The summed E-state index contributed by atoms with van der Waals surface area (Å²) in [6.07, 6.45) is -3.36. The fourth-order valence-electron chi connectivity index (χ4n) is 2.67. The molecule has 1 fully saturated rings. The first-order valence-corrected chi connectivity index (χ1v) is 7.83. The molecule has 0 bridgehead atoms. The van der Waals surface area contributed by atoms with Gasteiger partial charge in [-0.05, 0) is 25.0 Å². The van der Waals surface area contributed by atoms with E-state index in [0.717, 1.165) is 12.7 Å². The molecule has 0 spiro atoms. The summed E-state index contributed by atoms with van der Waals surface area (Å²) in [7, 11) is 1.13. The number of nitrogens with one attached hydrogen (secondary N) is 1. The number of hydrogen-bond donors (Lipinski definition) is 2. The predicted molar refractivity (Wildman–Crippen MR) is 86.1 cm³/mol. The van der Waals surface area contributed by atoms with Crippen molar-refractivity contribution in [3.8, 4) is 0 Å². The minimum Gasteiger partial charge on any atom is -0.393 e. The molecule has 8 heteroatoms. The van der Waals surface area contributed by atoms with Gasteiger partial charge in [-0.1, -0.05) is 12.1 Å². The Morgan fingerprint density at radius 3 is 2.58 bits per heavy atom. The van der Waals surface area contributed by atoms with Gasteiger partial charge in [-0.15, -0.1) is 0 Å². The van der Waals surface area contributed by atoms with E-state index in [1.54, 1.807) is 12.1 Å². The largest absolute Gasteiger partial charge is 0.406 e. The number of aliphatic hydroxyl groups is 1. The second-order valence-electron chi connectivity index (χ2n) is 5.95. The van der Waals surface area contributed by atoms with Crippen LogP contribution in [0.5, 0.6) is 0 Å². The predicted octanol–water partition coefficient (Wildman–Crippen LogP) is 2.08. The Bertz CT molecular complexity index is 558. The average Bonchev–Trinajstić information content (AvgIpc) is 2.52. The first-order chi connectivity index (χ1) is 11.3. The van der Waals surface area contributed by atoms with Gasteiger partial charge in [0.2, 0.25) is 5.91 Å². The second-order valence-corrected chi connectivity index (χ2v) is 5.95. The molecule has 0 saturated carbocycles. The third-order valence-electron chi connectivity index (χ3n) is 3.98. The lowest BCUT2D eigenvalue weighted by atomic mass is 10.1. The summed E-state index contributed by atoms with van der Waals surface area (Å²) < 4.78 is 37.0. The molecule has 1 amide bonds. The van der Waals surface area contributed by atoms with Gasteiger partial charge < -0.3 is 20.2 Å². The van der Waals surface area contributed by atoms with Crippen molar-refractivity contribution in [2.24, 2.45) is 0 Å². The number of nitrogens with zero attached hydrogens (tertiary/aromatic N) is 2. The Labute approximate surface area is 139 Å². The zero-order valence-corrected chi connectivity index (χ0v) is 13.5. The zero-order valence-electron chi connectivity index (χ0n) is 13.5. The summed E-state index contributed by atoms with van der Waals surface area (Å²) in [5.41, 5.74) is 1.58. The van der Waals surface area contributed by atoms with Crippen molar-refractivity contribution in [3.05, 3.63) is 24.3 Å². The summed E-state index contributed by atoms with van der Waals surface area (Å²) in [5, 5.41) is 12.5. The molecule has 24 heavy (non-hydrogen) atoms. The number of piperidine rings is 1. The Balaban J connectivity index is 1.96. The number of aliphatic hydroxyl groups excluding tert-OH is 1. The van der Waals surface area contributed by atoms with E-state index in [9.17, 15) is 23.1 Å². The summed E-state index contributed by atoms with van der Waals surface area (Å²) >= 11 is 0. The number of likely N-dealkylation sites (N-methyl/N-ethyl adjacent to an activating group) is 1. The monoisotopic (exact) mass is 345 g/mol. The maximum absolute atomic E-state index is 12.3. The van der Waals surface area contributed by atoms with Crippen molar-refractivity contribution in [2.75, 3.05) is 43.4 Å². The van der Waals surface area contributed by atoms with Gasteiger partial charge in [-0.2, -0.15) is 13.2 Å². The highest BCUT2D eigenvalue weighted by molar-refractivity contribution is 5.82. The van der Waals surface area contributed by atoms with Crippen LogP contribution in [0.2, 0.25) is 0 Å². The third kappa shape index (κ3) is 5.30. The van der Waals surface area contributed by atoms with Crippen LogP contribution < -0.4 is 10.2 Å². The van der Waals surface area contributed by atoms with Crippen LogP contribution in [-0.2, 0) is 4.79 Å². The molecule has 0 aromatic heterocycles. The van der Waals surface area contributed by atoms with E-state index in [-0.39, 0.29) is 12.6 Å². The number of alkyl halides is 3. The van der Waals surface area contributed by atoms with Crippen LogP contribution in [0.15, 0.2) is 24.3 Å². The molecule has 0 atom stereocenters. The molecule has 1 aromatic rings. The van der Waals surface area contributed by atoms with Crippen molar-refractivity contribution < 1.29 is 23.1 Å². The molecule has 1 saturated heterocycles. The summed E-state index contributed by atoms with van der Waals surface area (Å²) in [4.78, 5) is 14.6. The molecule has 1 aromatic carbocycles. The van der Waals surface area contributed by atoms with E-state index >= 15 is 0 Å². The van der Waals surface area contributed by atoms with Crippen molar-refractivity contribution in [1.29, 1.82) is 0 Å². The van der Waals surface area contributed by atoms with E-state index in [1.165, 1.54) is 0 Å². The lowest BCUT2D eigenvalue weighted by Crippen LogP contribution is -2.39. The lowest BCUT2D eigenvalue weighted by molar-refractivity contribution is -0.157. The Kier molecular flexibility index (Phi) is 5.93. The van der Waals surface area contributed by atoms with Gasteiger partial charge in [-0.3, -0.25) is 4.79 Å². The van der Waals surface area contributed by atoms with Gasteiger partial charge in [0.15, 0.2) is 0 Å². The number of rotatable bonds is 5. The van der Waals surface area contributed by atoms with E-state index < -0.39 is 18.6 Å². The second kappa shape index (κ2) is 7.74. The molecule has 0 radical (unpaired) electrons. The fourth-order valence-corrected chi connectivity index (χ4v) is 2.67. The Morgan fingerprint density at radius 2 is 1.96 bits per heavy atom. The number of carbonyl (C=O) groups excluding carboxylic acids is 1. The minimum absolute atomic E-state index is 0.208. The third-order valence-corrected chi connectivity index (χ3v) is 3.98. The van der Waals surface area contributed by atoms with Crippen molar-refractivity contribution in [2.45, 2.75) is 25.1 Å². The van der Waals surface area contributed by atoms with Crippen molar-refractivity contribution in [1.82, 2.24) is 4.90 Å². The highest BCUT2D eigenvalue weighted by Gasteiger charge is 2.31. The van der Waals surface area contributed by atoms with E-state index in [1.807, 2.05) is 12.1 Å². The van der Waals surface area contributed by atoms with Crippen LogP contribution >= 0.6 is 0 Å². The van der Waals surface area contributed by atoms with Gasteiger partial charge in [0.05, 0.1) is 24.0 Å². The van der Waals surface area contributed by atoms with E-state index in [0.29, 0.717) is 36.5 Å². The molecule has 5 nitrogen and oxygen atoms in total. The smallest absolute Gasteiger partial charge is 0.393 e. The molecule has 1 aliphatic rings. The average molecular weight is 345 g/mol. The van der Waals surface area contributed by atoms with Gasteiger partial charge >= 0.3 is 6.18 Å². The van der Waals surface area contributed by atoms with Gasteiger partial charge in [0, 0.05) is 20.1 Å². The van der Waals surface area contributed by atoms with Crippen LogP contribution in [0.4, 0.5) is 24.5 Å². The van der Waals surface area contributed by atoms with E-state index in [4.69, 9.17) is 0 Å². The molecule has 0 unspecified atom stereocenters. The first kappa shape index (κ1) is 18.4. The number of para-hydroxylation sites is 2. The van der Waals surface area contributed by atoms with Crippen LogP contribution in [0.25, 0.3) is 0 Å². The number of amides is 1. The Hall–Kier alpha value is -1.96. The molecule has 134 valence electrons. The summed E-state index contributed by atoms with van der Waals surface area (Å²) in [5.74, 6) is -0.629. The molecule has 1 aliphatic heterocycles.